The molecular formula is C25H22N2O. The first-order chi connectivity index (χ1) is 13.7. The predicted octanol–water partition coefficient (Wildman–Crippen LogP) is 5.64. The highest BCUT2D eigenvalue weighted by atomic mass is 16.1. The van der Waals surface area contributed by atoms with E-state index in [0.717, 1.165) is 28.9 Å². The standard InChI is InChI=1S/C25H22N2O/c1-19(28)12-13-20-14-16-23(17-15-20)27-25(22-10-6-3-7-11-22)18-24(26-27)21-8-4-2-5-9-21/h2-17,25H,18H2,1H3/b13-12+. The first-order valence-electron chi connectivity index (χ1n) is 9.46. The average Bonchev–Trinajstić information content (AvgIpc) is 3.19. The Hall–Kier alpha value is -3.46. The quantitative estimate of drug-likeness (QED) is 0.547. The molecule has 28 heavy (non-hydrogen) atoms. The molecule has 0 spiro atoms. The van der Waals surface area contributed by atoms with Crippen LogP contribution >= 0.6 is 0 Å². The average molecular weight is 366 g/mol. The summed E-state index contributed by atoms with van der Waals surface area (Å²) in [5.41, 5.74) is 5.54. The molecule has 0 bridgehead atoms. The van der Waals surface area contributed by atoms with Gasteiger partial charge in [-0.25, -0.2) is 0 Å². The number of rotatable bonds is 5. The summed E-state index contributed by atoms with van der Waals surface area (Å²) in [4.78, 5) is 11.2. The third-order valence-corrected chi connectivity index (χ3v) is 4.87. The zero-order valence-electron chi connectivity index (χ0n) is 15.8. The van der Waals surface area contributed by atoms with E-state index in [2.05, 4.69) is 53.5 Å². The van der Waals surface area contributed by atoms with Gasteiger partial charge in [-0.15, -0.1) is 0 Å². The van der Waals surface area contributed by atoms with E-state index in [0.29, 0.717) is 0 Å². The van der Waals surface area contributed by atoms with Crippen LogP contribution in [-0.4, -0.2) is 11.5 Å². The second-order valence-electron chi connectivity index (χ2n) is 6.92. The highest BCUT2D eigenvalue weighted by Gasteiger charge is 2.29. The van der Waals surface area contributed by atoms with Crippen LogP contribution in [0.2, 0.25) is 0 Å². The SMILES string of the molecule is CC(=O)/C=C/c1ccc(N2N=C(c3ccccc3)CC2c2ccccc2)cc1. The normalized spacial score (nSPS) is 16.4. The number of carbonyl (C=O) groups is 1. The maximum atomic E-state index is 11.2. The Labute approximate surface area is 165 Å². The lowest BCUT2D eigenvalue weighted by atomic mass is 9.98. The molecule has 0 aromatic heterocycles. The number of nitrogens with zero attached hydrogens (tertiary/aromatic N) is 2. The van der Waals surface area contributed by atoms with Crippen LogP contribution < -0.4 is 5.01 Å². The maximum absolute atomic E-state index is 11.2. The van der Waals surface area contributed by atoms with Crippen molar-refractivity contribution in [1.29, 1.82) is 0 Å². The molecule has 1 aliphatic rings. The van der Waals surface area contributed by atoms with Gasteiger partial charge in [0.2, 0.25) is 0 Å². The van der Waals surface area contributed by atoms with Gasteiger partial charge in [0.1, 0.15) is 0 Å². The van der Waals surface area contributed by atoms with Crippen molar-refractivity contribution in [3.8, 4) is 0 Å². The second-order valence-corrected chi connectivity index (χ2v) is 6.92. The molecule has 4 rings (SSSR count). The van der Waals surface area contributed by atoms with Gasteiger partial charge in [0.25, 0.3) is 0 Å². The van der Waals surface area contributed by atoms with Gasteiger partial charge in [0.15, 0.2) is 5.78 Å². The van der Waals surface area contributed by atoms with Crippen LogP contribution in [0.4, 0.5) is 5.69 Å². The number of hydrogen-bond acceptors (Lipinski definition) is 3. The molecule has 3 heteroatoms. The summed E-state index contributed by atoms with van der Waals surface area (Å²) in [5.74, 6) is 0.0462. The van der Waals surface area contributed by atoms with Crippen molar-refractivity contribution in [1.82, 2.24) is 0 Å². The van der Waals surface area contributed by atoms with E-state index in [9.17, 15) is 4.79 Å². The van der Waals surface area contributed by atoms with Gasteiger partial charge >= 0.3 is 0 Å². The maximum Gasteiger partial charge on any atom is 0.152 e. The topological polar surface area (TPSA) is 32.7 Å². The van der Waals surface area contributed by atoms with Gasteiger partial charge in [0, 0.05) is 6.42 Å². The van der Waals surface area contributed by atoms with Crippen molar-refractivity contribution in [2.24, 2.45) is 5.10 Å². The highest BCUT2D eigenvalue weighted by molar-refractivity contribution is 6.03. The van der Waals surface area contributed by atoms with E-state index < -0.39 is 0 Å². The van der Waals surface area contributed by atoms with Crippen molar-refractivity contribution in [2.75, 3.05) is 5.01 Å². The van der Waals surface area contributed by atoms with Crippen LogP contribution in [0.25, 0.3) is 6.08 Å². The minimum atomic E-state index is 0.0462. The van der Waals surface area contributed by atoms with E-state index in [1.807, 2.05) is 42.5 Å². The Morgan fingerprint density at radius 1 is 0.929 bits per heavy atom. The zero-order valence-corrected chi connectivity index (χ0v) is 15.8. The van der Waals surface area contributed by atoms with E-state index in [1.54, 1.807) is 13.0 Å². The fourth-order valence-electron chi connectivity index (χ4n) is 3.44. The van der Waals surface area contributed by atoms with Crippen molar-refractivity contribution in [3.05, 3.63) is 108 Å². The van der Waals surface area contributed by atoms with Crippen LogP contribution in [0.3, 0.4) is 0 Å². The third-order valence-electron chi connectivity index (χ3n) is 4.87. The molecule has 1 heterocycles. The summed E-state index contributed by atoms with van der Waals surface area (Å²) in [7, 11) is 0. The monoisotopic (exact) mass is 366 g/mol. The number of carbonyl (C=O) groups excluding carboxylic acids is 1. The molecule has 0 fully saturated rings. The van der Waals surface area contributed by atoms with Gasteiger partial charge < -0.3 is 0 Å². The summed E-state index contributed by atoms with van der Waals surface area (Å²) in [6.45, 7) is 1.55. The van der Waals surface area contributed by atoms with E-state index in [1.165, 1.54) is 5.56 Å². The minimum absolute atomic E-state index is 0.0462. The number of anilines is 1. The van der Waals surface area contributed by atoms with E-state index >= 15 is 0 Å². The largest absolute Gasteiger partial charge is 0.295 e. The first kappa shape index (κ1) is 17.9. The Bertz CT molecular complexity index is 1010. The lowest BCUT2D eigenvalue weighted by molar-refractivity contribution is -0.112. The summed E-state index contributed by atoms with van der Waals surface area (Å²) >= 11 is 0. The molecule has 3 aromatic carbocycles. The molecule has 1 unspecified atom stereocenters. The fraction of sp³-hybridized carbons (Fsp3) is 0.120. The summed E-state index contributed by atoms with van der Waals surface area (Å²) in [6, 6.07) is 29.2. The number of ketones is 1. The van der Waals surface area contributed by atoms with E-state index in [4.69, 9.17) is 5.10 Å². The minimum Gasteiger partial charge on any atom is -0.295 e. The van der Waals surface area contributed by atoms with Crippen LogP contribution in [0.5, 0.6) is 0 Å². The van der Waals surface area contributed by atoms with Crippen molar-refractivity contribution in [3.63, 3.8) is 0 Å². The molecule has 138 valence electrons. The van der Waals surface area contributed by atoms with E-state index in [-0.39, 0.29) is 11.8 Å². The van der Waals surface area contributed by atoms with Gasteiger partial charge in [-0.3, -0.25) is 9.80 Å². The van der Waals surface area contributed by atoms with Crippen LogP contribution in [0.1, 0.15) is 36.1 Å². The summed E-state index contributed by atoms with van der Waals surface area (Å²) in [5, 5.41) is 7.08. The van der Waals surface area contributed by atoms with Gasteiger partial charge in [0.05, 0.1) is 17.4 Å². The molecule has 0 N–H and O–H groups in total. The van der Waals surface area contributed by atoms with Gasteiger partial charge in [-0.05, 0) is 41.8 Å². The predicted molar refractivity (Wildman–Crippen MR) is 115 cm³/mol. The summed E-state index contributed by atoms with van der Waals surface area (Å²) in [6.07, 6.45) is 4.28. The Morgan fingerprint density at radius 3 is 2.21 bits per heavy atom. The number of allylic oxidation sites excluding steroid dienone is 1. The third kappa shape index (κ3) is 3.94. The molecule has 0 saturated carbocycles. The van der Waals surface area contributed by atoms with Crippen LogP contribution in [-0.2, 0) is 4.79 Å². The molecule has 3 nitrogen and oxygen atoms in total. The molecule has 1 atom stereocenters. The van der Waals surface area contributed by atoms with Crippen LogP contribution in [0.15, 0.2) is 96.1 Å². The van der Waals surface area contributed by atoms with Gasteiger partial charge in [-0.1, -0.05) is 78.9 Å². The molecule has 1 aliphatic heterocycles. The zero-order chi connectivity index (χ0) is 19.3. The van der Waals surface area contributed by atoms with Crippen molar-refractivity contribution < 1.29 is 4.79 Å². The fourth-order valence-corrected chi connectivity index (χ4v) is 3.44. The molecule has 0 amide bonds. The second kappa shape index (κ2) is 8.05. The lowest BCUT2D eigenvalue weighted by Gasteiger charge is -2.24. The Balaban J connectivity index is 1.68. The molecular weight excluding hydrogens is 344 g/mol. The molecule has 3 aromatic rings. The smallest absolute Gasteiger partial charge is 0.152 e. The number of hydrazone groups is 1. The number of hydrogen-bond donors (Lipinski definition) is 0. The first-order valence-corrected chi connectivity index (χ1v) is 9.46. The Morgan fingerprint density at radius 2 is 1.57 bits per heavy atom. The van der Waals surface area contributed by atoms with Crippen molar-refractivity contribution in [2.45, 2.75) is 19.4 Å². The van der Waals surface area contributed by atoms with Crippen LogP contribution in [0, 0.1) is 0 Å². The number of benzene rings is 3. The summed E-state index contributed by atoms with van der Waals surface area (Å²) < 4.78 is 0. The lowest BCUT2D eigenvalue weighted by Crippen LogP contribution is -2.18. The molecule has 0 saturated heterocycles. The highest BCUT2D eigenvalue weighted by Crippen LogP contribution is 2.36. The van der Waals surface area contributed by atoms with Gasteiger partial charge in [-0.2, -0.15) is 5.10 Å². The molecule has 0 radical (unpaired) electrons. The molecule has 0 aliphatic carbocycles. The Kier molecular flexibility index (Phi) is 5.16. The van der Waals surface area contributed by atoms with Crippen molar-refractivity contribution >= 4 is 23.3 Å².